The van der Waals surface area contributed by atoms with Gasteiger partial charge in [0.05, 0.1) is 0 Å². The maximum Gasteiger partial charge on any atom is 0.325 e. The van der Waals surface area contributed by atoms with Crippen molar-refractivity contribution in [2.24, 2.45) is 0 Å². The van der Waals surface area contributed by atoms with Crippen LogP contribution in [-0.4, -0.2) is 13.3 Å². The highest BCUT2D eigenvalue weighted by Crippen LogP contribution is 2.48. The van der Waals surface area contributed by atoms with Crippen LogP contribution in [0.5, 0.6) is 0 Å². The summed E-state index contributed by atoms with van der Waals surface area (Å²) >= 11 is 0. The second-order valence-corrected chi connectivity index (χ2v) is 6.63. The smallest absolute Gasteiger partial charge is 0.325 e. The van der Waals surface area contributed by atoms with Crippen molar-refractivity contribution >= 4 is 15.3 Å². The Morgan fingerprint density at radius 3 is 1.83 bits per heavy atom. The van der Waals surface area contributed by atoms with Crippen LogP contribution in [0, 0.1) is 0 Å². The molecule has 0 aromatic heterocycles. The summed E-state index contributed by atoms with van der Waals surface area (Å²) < 4.78 is 9.76. The molecule has 0 spiro atoms. The molecule has 0 aliphatic carbocycles. The molecular formula is C2H6O2P2. The molecule has 0 saturated heterocycles. The molecule has 0 aromatic carbocycles. The van der Waals surface area contributed by atoms with Gasteiger partial charge in [0.15, 0.2) is 0 Å². The zero-order valence-electron chi connectivity index (χ0n) is 3.71. The minimum absolute atomic E-state index is 0.706. The number of hydrogen-bond donors (Lipinski definition) is 0. The third kappa shape index (κ3) is 2.71. The second-order valence-electron chi connectivity index (χ2n) is 1.09. The first-order valence-electron chi connectivity index (χ1n) is 1.46. The van der Waals surface area contributed by atoms with Gasteiger partial charge >= 0.3 is 7.72 Å². The Morgan fingerprint density at radius 2 is 1.83 bits per heavy atom. The van der Waals surface area contributed by atoms with Gasteiger partial charge in [-0.25, -0.2) is 0 Å². The summed E-state index contributed by atoms with van der Waals surface area (Å²) in [6.45, 7) is 3.42. The van der Waals surface area contributed by atoms with Gasteiger partial charge in [-0.3, -0.25) is 0 Å². The Hall–Kier alpha value is 0.490. The fourth-order valence-electron chi connectivity index (χ4n) is 0. The second kappa shape index (κ2) is 2.63. The molecule has 2 nitrogen and oxygen atoms in total. The van der Waals surface area contributed by atoms with Crippen molar-refractivity contribution in [1.82, 2.24) is 0 Å². The summed E-state index contributed by atoms with van der Waals surface area (Å²) in [6.07, 6.45) is 0. The van der Waals surface area contributed by atoms with Crippen LogP contribution in [0.1, 0.15) is 0 Å². The van der Waals surface area contributed by atoms with Crippen molar-refractivity contribution in [2.45, 2.75) is 0 Å². The van der Waals surface area contributed by atoms with Crippen molar-refractivity contribution in [3.63, 3.8) is 0 Å². The first-order chi connectivity index (χ1) is 2.64. The van der Waals surface area contributed by atoms with Crippen LogP contribution in [0.2, 0.25) is 0 Å². The van der Waals surface area contributed by atoms with Crippen LogP contribution in [0.15, 0.2) is 0 Å². The Balaban J connectivity index is 3.26. The molecule has 1 unspecified atom stereocenters. The summed E-state index contributed by atoms with van der Waals surface area (Å²) in [6, 6.07) is 0. The van der Waals surface area contributed by atoms with Gasteiger partial charge in [0, 0.05) is 13.3 Å². The standard InChI is InChI=1S/C2H6O2P2/c1-5(2)6(3)4/h1-2H3. The van der Waals surface area contributed by atoms with E-state index in [-0.39, 0.29) is 0 Å². The summed E-state index contributed by atoms with van der Waals surface area (Å²) in [5.41, 5.74) is 0. The highest BCUT2D eigenvalue weighted by molar-refractivity contribution is 8.20. The minimum atomic E-state index is -2.09. The molecule has 0 radical (unpaired) electrons. The van der Waals surface area contributed by atoms with Crippen molar-refractivity contribution < 1.29 is 9.46 Å². The first-order valence-corrected chi connectivity index (χ1v) is 5.58. The first kappa shape index (κ1) is 6.49. The van der Waals surface area contributed by atoms with E-state index in [1.807, 2.05) is 0 Å². The van der Waals surface area contributed by atoms with Crippen LogP contribution >= 0.6 is 15.3 Å². The van der Waals surface area contributed by atoms with Gasteiger partial charge in [0.2, 0.25) is 0 Å². The van der Waals surface area contributed by atoms with E-state index in [9.17, 15) is 9.46 Å². The average Bonchev–Trinajstić information content (AvgIpc) is 1.36. The molecule has 0 bridgehead atoms. The average molecular weight is 124 g/mol. The SMILES string of the molecule is CP(C)[P+](=O)[O-]. The molecule has 4 heteroatoms. The molecule has 1 atom stereocenters. The van der Waals surface area contributed by atoms with Crippen molar-refractivity contribution in [3.05, 3.63) is 0 Å². The maximum absolute atomic E-state index is 9.76. The van der Waals surface area contributed by atoms with E-state index in [2.05, 4.69) is 0 Å². The number of rotatable bonds is 1. The molecule has 0 aromatic rings. The Labute approximate surface area is 39.1 Å². The third-order valence-electron chi connectivity index (χ3n) is 0.327. The predicted molar refractivity (Wildman–Crippen MR) is 26.4 cm³/mol. The van der Waals surface area contributed by atoms with Crippen LogP contribution in [-0.2, 0) is 4.57 Å². The molecule has 0 N–H and O–H groups in total. The quantitative estimate of drug-likeness (QED) is 0.483. The van der Waals surface area contributed by atoms with Gasteiger partial charge in [-0.2, -0.15) is 0 Å². The van der Waals surface area contributed by atoms with Crippen LogP contribution in [0.4, 0.5) is 0 Å². The monoisotopic (exact) mass is 124 g/mol. The Bertz CT molecular complexity index is 60.6. The fraction of sp³-hybridized carbons (Fsp3) is 1.00. The molecule has 0 aliphatic rings. The zero-order valence-corrected chi connectivity index (χ0v) is 5.50. The zero-order chi connectivity index (χ0) is 5.15. The molecule has 0 rings (SSSR count). The Morgan fingerprint density at radius 1 is 1.67 bits per heavy atom. The molecular weight excluding hydrogens is 118 g/mol. The molecule has 0 amide bonds. The minimum Gasteiger partial charge on any atom is -0.594 e. The van der Waals surface area contributed by atoms with Crippen LogP contribution in [0.3, 0.4) is 0 Å². The van der Waals surface area contributed by atoms with Crippen LogP contribution < -0.4 is 4.89 Å². The van der Waals surface area contributed by atoms with E-state index in [0.717, 1.165) is 0 Å². The molecule has 0 fully saturated rings. The molecule has 0 saturated carbocycles. The van der Waals surface area contributed by atoms with Gasteiger partial charge in [-0.1, -0.05) is 4.57 Å². The van der Waals surface area contributed by atoms with Crippen molar-refractivity contribution in [1.29, 1.82) is 0 Å². The van der Waals surface area contributed by atoms with E-state index < -0.39 is 15.3 Å². The highest BCUT2D eigenvalue weighted by Gasteiger charge is 2.04. The summed E-state index contributed by atoms with van der Waals surface area (Å²) in [7, 11) is -2.80. The van der Waals surface area contributed by atoms with E-state index in [0.29, 0.717) is 0 Å². The van der Waals surface area contributed by atoms with E-state index in [1.165, 1.54) is 0 Å². The lowest BCUT2D eigenvalue weighted by Gasteiger charge is -1.85. The van der Waals surface area contributed by atoms with Gasteiger partial charge in [-0.15, -0.1) is 0 Å². The lowest BCUT2D eigenvalue weighted by atomic mass is 11.9. The number of hydrogen-bond acceptors (Lipinski definition) is 2. The Kier molecular flexibility index (Phi) is 2.84. The normalized spacial score (nSPS) is 12.3. The largest absolute Gasteiger partial charge is 0.594 e. The lowest BCUT2D eigenvalue weighted by molar-refractivity contribution is -0.158. The maximum atomic E-state index is 9.76. The van der Waals surface area contributed by atoms with E-state index in [4.69, 9.17) is 0 Å². The molecule has 36 valence electrons. The van der Waals surface area contributed by atoms with Gasteiger partial charge in [0.25, 0.3) is 0 Å². The summed E-state index contributed by atoms with van der Waals surface area (Å²) in [5, 5.41) is 0. The predicted octanol–water partition coefficient (Wildman–Crippen LogP) is 0.746. The van der Waals surface area contributed by atoms with Crippen LogP contribution in [0.25, 0.3) is 0 Å². The fourth-order valence-corrected chi connectivity index (χ4v) is 0. The van der Waals surface area contributed by atoms with Crippen molar-refractivity contribution in [3.8, 4) is 0 Å². The topological polar surface area (TPSA) is 40.1 Å². The van der Waals surface area contributed by atoms with Gasteiger partial charge < -0.3 is 4.89 Å². The van der Waals surface area contributed by atoms with Gasteiger partial charge in [-0.05, 0) is 0 Å². The molecule has 6 heavy (non-hydrogen) atoms. The lowest BCUT2D eigenvalue weighted by Crippen LogP contribution is -1.80. The summed E-state index contributed by atoms with van der Waals surface area (Å²) in [4.78, 5) is 9.76. The molecule has 0 heterocycles. The van der Waals surface area contributed by atoms with E-state index in [1.54, 1.807) is 13.3 Å². The van der Waals surface area contributed by atoms with E-state index >= 15 is 0 Å². The van der Waals surface area contributed by atoms with Gasteiger partial charge in [0.1, 0.15) is 7.61 Å². The highest BCUT2D eigenvalue weighted by atomic mass is 32.1. The summed E-state index contributed by atoms with van der Waals surface area (Å²) in [5.74, 6) is 0. The molecule has 0 aliphatic heterocycles. The van der Waals surface area contributed by atoms with Crippen molar-refractivity contribution in [2.75, 3.05) is 13.3 Å². The third-order valence-corrected chi connectivity index (χ3v) is 2.94.